The van der Waals surface area contributed by atoms with Crippen LogP contribution in [0.25, 0.3) is 88.7 Å². The van der Waals surface area contributed by atoms with Crippen molar-refractivity contribution in [1.82, 2.24) is 9.55 Å². The maximum Gasteiger partial charge on any atom is 0.136 e. The molecule has 1 atom stereocenters. The number of hydrogen-bond donors (Lipinski definition) is 0. The number of fused-ring (bicyclic) bond motifs is 8. The van der Waals surface area contributed by atoms with Crippen LogP contribution in [0.3, 0.4) is 0 Å². The normalized spacial score (nSPS) is 17.1. The Morgan fingerprint density at radius 2 is 1.20 bits per heavy atom. The van der Waals surface area contributed by atoms with Gasteiger partial charge in [0.05, 0.1) is 22.4 Å². The van der Waals surface area contributed by atoms with Crippen molar-refractivity contribution in [3.05, 3.63) is 245 Å². The minimum atomic E-state index is -3.47. The fourth-order valence-electron chi connectivity index (χ4n) is 10.8. The average molecular weight is 1240 g/mol. The van der Waals surface area contributed by atoms with Crippen molar-refractivity contribution in [2.45, 2.75) is 84.6 Å². The number of para-hydroxylation sites is 4. The van der Waals surface area contributed by atoms with Crippen LogP contribution in [-0.4, -0.2) is 9.55 Å². The molecule has 0 amide bonds. The molecule has 9 aromatic carbocycles. The van der Waals surface area contributed by atoms with Gasteiger partial charge in [0, 0.05) is 41.0 Å². The van der Waals surface area contributed by atoms with E-state index in [1.54, 1.807) is 48.5 Å². The third-order valence-corrected chi connectivity index (χ3v) is 14.2. The summed E-state index contributed by atoms with van der Waals surface area (Å²) in [6, 6.07) is 63.6. The van der Waals surface area contributed by atoms with Gasteiger partial charge in [-0.1, -0.05) is 145 Å². The number of benzene rings is 9. The maximum absolute atomic E-state index is 9.03. The van der Waals surface area contributed by atoms with Gasteiger partial charge in [-0.25, -0.2) is 11.1 Å². The zero-order valence-electron chi connectivity index (χ0n) is 55.5. The van der Waals surface area contributed by atoms with Crippen LogP contribution in [-0.2, 0) is 0 Å². The van der Waals surface area contributed by atoms with E-state index in [0.29, 0.717) is 22.3 Å². The minimum Gasteiger partial charge on any atom is -0.501 e. The number of rotatable bonds is 9. The largest absolute Gasteiger partial charge is 0.501 e. The number of aromatic nitrogens is 2. The molecule has 0 saturated heterocycles. The molecule has 0 bridgehead atoms. The maximum atomic E-state index is 9.03. The monoisotopic (exact) mass is 1240 g/mol. The quantitative estimate of drug-likeness (QED) is 0.135. The molecule has 0 saturated carbocycles. The molecule has 0 N–H and O–H groups in total. The summed E-state index contributed by atoms with van der Waals surface area (Å²) in [7, 11) is 0. The Bertz CT molecular complexity index is 4590. The zero-order valence-corrected chi connectivity index (χ0v) is 43.7. The van der Waals surface area contributed by atoms with Gasteiger partial charge in [-0.3, -0.25) is 4.98 Å². The molecule has 3 aromatic heterocycles. The van der Waals surface area contributed by atoms with E-state index in [2.05, 4.69) is 135 Å². The third-order valence-electron chi connectivity index (χ3n) is 14.2. The van der Waals surface area contributed by atoms with Crippen LogP contribution >= 0.6 is 0 Å². The van der Waals surface area contributed by atoms with Crippen molar-refractivity contribution in [2.75, 3.05) is 0 Å². The van der Waals surface area contributed by atoms with E-state index in [1.807, 2.05) is 30.3 Å². The standard InChI is InChI=1S/C43H33N2O2.C27H26.Lr/c1-25(2)34-22-28(27-20-21-31-29-12-5-9-18-38(29)46-40(31)24-27)23-35(26(3)4)41(34)45-37-17-8-7-16-36(37)44-43(45)33-15-11-14-32-30-13-6-10-19-39(30)47-42(32)33;1-18(2)22-15-10-16-23(19(3)4)26(22)27-24-14-9-8-13-21(24)17-25(27)20-11-6-5-7-12-20;/h5-14,16-26H,1-4H3;5-11,13-16,18-19,27H,1-4H3;/q-1;-2;/i;1D3,2D3,3D3,4D3,18D,19D;. The molecule has 1 radical (unpaired) electrons. The number of furan rings is 2. The Morgan fingerprint density at radius 3 is 1.91 bits per heavy atom. The molecule has 4 nitrogen and oxygen atoms in total. The summed E-state index contributed by atoms with van der Waals surface area (Å²) in [5.74, 6) is -6.48. The first-order valence-corrected chi connectivity index (χ1v) is 24.9. The van der Waals surface area contributed by atoms with Crippen LogP contribution < -0.4 is 0 Å². The Hall–Kier alpha value is -9.21. The van der Waals surface area contributed by atoms with E-state index in [9.17, 15) is 0 Å². The van der Waals surface area contributed by atoms with Crippen LogP contribution in [0.2, 0.25) is 0 Å². The van der Waals surface area contributed by atoms with Gasteiger partial charge in [0.15, 0.2) is 0 Å². The van der Waals surface area contributed by atoms with E-state index in [1.165, 1.54) is 22.4 Å². The van der Waals surface area contributed by atoms with Gasteiger partial charge < -0.3 is 13.4 Å². The Kier molecular flexibility index (Phi) is 8.83. The van der Waals surface area contributed by atoms with Crippen molar-refractivity contribution in [3.63, 3.8) is 0 Å². The molecule has 0 aliphatic heterocycles. The van der Waals surface area contributed by atoms with Crippen LogP contribution in [0.1, 0.15) is 148 Å². The third kappa shape index (κ3) is 8.27. The van der Waals surface area contributed by atoms with Crippen LogP contribution in [0.5, 0.6) is 0 Å². The van der Waals surface area contributed by atoms with Gasteiger partial charge in [-0.05, 0) is 117 Å². The van der Waals surface area contributed by atoms with Gasteiger partial charge >= 0.3 is 0 Å². The first-order chi connectivity index (χ1) is 41.6. The number of imidazole rings is 1. The second kappa shape index (κ2) is 19.3. The van der Waals surface area contributed by atoms with Crippen molar-refractivity contribution in [3.8, 4) is 28.2 Å². The van der Waals surface area contributed by atoms with Gasteiger partial charge in [-0.2, -0.15) is 35.9 Å². The van der Waals surface area contributed by atoms with E-state index < -0.39 is 56.2 Å². The molecule has 1 unspecified atom stereocenters. The zero-order chi connectivity index (χ0) is 62.6. The molecule has 3 heterocycles. The molecule has 0 spiro atoms. The molecule has 75 heavy (non-hydrogen) atoms. The van der Waals surface area contributed by atoms with E-state index in [0.717, 1.165) is 90.1 Å². The minimum absolute atomic E-state index is 0. The van der Waals surface area contributed by atoms with Crippen molar-refractivity contribution >= 4 is 60.5 Å². The smallest absolute Gasteiger partial charge is 0.136 e. The second-order valence-electron chi connectivity index (χ2n) is 19.4. The summed E-state index contributed by atoms with van der Waals surface area (Å²) in [4.78, 5) is 5.28. The molecular formula is C70H59LrN2O2-3. The molecule has 12 aromatic rings. The van der Waals surface area contributed by atoms with Gasteiger partial charge in [-0.15, -0.1) is 48.0 Å². The average Bonchev–Trinajstić information content (AvgIpc) is 1.68. The number of nitrogens with zero attached hydrogens (tertiary/aromatic N) is 2. The summed E-state index contributed by atoms with van der Waals surface area (Å²) in [6.07, 6.45) is 3.21. The molecule has 1 aliphatic rings. The van der Waals surface area contributed by atoms with Crippen molar-refractivity contribution in [2.24, 2.45) is 0 Å². The SMILES string of the molecule is CC(C)c1cc(-c2ccc3c(c2)oc2ccccc23)cc(C(C)C)c1-n1c(-c2[c-]ccc3c2oc2ccccc23)nc2ccccc21.[2H]C([2H])([2H])C([2H])(c1cccc(C([2H])(C([2H])([2H])[2H])C([2H])([2H])[2H])c1C1C(c2[c-]cccc2)=[C-]c2ccccc21)C([2H])([2H])[2H].[Lr]. The molecule has 1 aliphatic carbocycles. The molecule has 13 rings (SSSR count). The van der Waals surface area contributed by atoms with Gasteiger partial charge in [0.25, 0.3) is 0 Å². The van der Waals surface area contributed by atoms with Crippen LogP contribution in [0.4, 0.5) is 0 Å². The topological polar surface area (TPSA) is 44.1 Å². The van der Waals surface area contributed by atoms with Crippen LogP contribution in [0.15, 0.2) is 191 Å². The fraction of sp³-hybridized carbons (Fsp3) is 0.186. The Balaban J connectivity index is 0.000000184. The summed E-state index contributed by atoms with van der Waals surface area (Å²) >= 11 is 0. The molecule has 5 heteroatoms. The van der Waals surface area contributed by atoms with E-state index in [-0.39, 0.29) is 17.4 Å². The fourth-order valence-corrected chi connectivity index (χ4v) is 10.8. The van der Waals surface area contributed by atoms with Crippen molar-refractivity contribution < 1.29 is 28.0 Å². The van der Waals surface area contributed by atoms with Gasteiger partial charge in [0.2, 0.25) is 0 Å². The van der Waals surface area contributed by atoms with Gasteiger partial charge in [0.1, 0.15) is 16.7 Å². The Labute approximate surface area is 454 Å². The number of hydrogen-bond acceptors (Lipinski definition) is 3. The first-order valence-electron chi connectivity index (χ1n) is 31.9. The molecule has 379 valence electrons. The predicted octanol–water partition coefficient (Wildman–Crippen LogP) is 19.3. The van der Waals surface area contributed by atoms with Crippen molar-refractivity contribution in [1.29, 1.82) is 0 Å². The Morgan fingerprint density at radius 1 is 0.560 bits per heavy atom. The van der Waals surface area contributed by atoms with E-state index in [4.69, 9.17) is 33.0 Å². The summed E-state index contributed by atoms with van der Waals surface area (Å²) in [5.41, 5.74) is 12.5. The predicted molar refractivity (Wildman–Crippen MR) is 307 cm³/mol. The summed E-state index contributed by atoms with van der Waals surface area (Å²) in [6.45, 7) is -4.77. The van der Waals surface area contributed by atoms with Crippen LogP contribution in [0, 0.1) is 18.2 Å². The summed E-state index contributed by atoms with van der Waals surface area (Å²) < 4.78 is 131. The number of allylic oxidation sites excluding steroid dienone is 1. The molecule has 0 fully saturated rings. The summed E-state index contributed by atoms with van der Waals surface area (Å²) in [5, 5.41) is 4.44. The van der Waals surface area contributed by atoms with E-state index >= 15 is 0 Å². The first kappa shape index (κ1) is 34.3. The molecular weight excluding hydrogens is 1160 g/mol. The second-order valence-corrected chi connectivity index (χ2v) is 19.4.